The van der Waals surface area contributed by atoms with Crippen LogP contribution >= 0.6 is 23.5 Å². The molecular formula is C94H146N20O33S2. The Morgan fingerprint density at radius 3 is 1.33 bits per heavy atom. The monoisotopic (exact) mass is 2150 g/mol. The number of likely N-dealkylation sites (N-methyl/N-ethyl adjacent to an activating group) is 1. The molecule has 53 nitrogen and oxygen atoms in total. The molecule has 18 unspecified atom stereocenters. The third kappa shape index (κ3) is 46.8. The number of carboxylic acid groups (broad SMARTS) is 7. The van der Waals surface area contributed by atoms with Gasteiger partial charge in [0.2, 0.25) is 100 Å². The van der Waals surface area contributed by atoms with E-state index in [2.05, 4.69) is 95.7 Å². The van der Waals surface area contributed by atoms with Gasteiger partial charge in [-0.1, -0.05) is 98.1 Å². The summed E-state index contributed by atoms with van der Waals surface area (Å²) < 4.78 is 0. The molecule has 0 spiro atoms. The Bertz CT molecular complexity index is 4830. The third-order valence-corrected chi connectivity index (χ3v) is 26.2. The smallest absolute Gasteiger partial charge is 0.326 e. The summed E-state index contributed by atoms with van der Waals surface area (Å²) in [5.74, 6) is -25.9. The number of aliphatic hydroxyl groups excluding tert-OH is 1. The van der Waals surface area contributed by atoms with Gasteiger partial charge in [-0.15, -0.1) is 0 Å². The molecule has 26 N–H and O–H groups in total. The fraction of sp³-hybridized carbons (Fsp3) is 0.670. The standard InChI is InChI=1S/C48H68N10O19.C46H78N10O14S2/c1-22(2)14-27(50-39(67)25(6)49-40(68)29(17-35(59)60)55-46(74)34-12-13-57-21-24(5)47(75)58(34)57)41(69)52-31(19-37(63)64)44(72)54-30(18-36(61)62)43(71)51-28(16-26-10-8-7-9-11-26)42(70)53-32(20-38(65)66)45(73)56-33(48(76)77)15-23(3)4;1-26(2)38(45(69)52-30(24-37(63)64)43(67)51-29(20-23-71-5)42(66)55-39(27(3)57)44(68)47-4)54-41(65)28(18-19-36(61)62)50-35(60)17-9-7-13-22-48-33(58)15-8-6-12-21-49-34(59)16-11-10-14-32-40-31(25-72-32)53-46(70)56-40/h7-11,22-25,27-34H,12-21H2,1-6H3,(H,49,68)(H,50,67)(H,51,71)(H,52,69)(H,53,70)(H,54,72)(H,55,74)(H,56,73)(H,59,60)(H,61,62)(H,63,64)(H,65,66)(H,76,77);26-32,38-40,57H,6-25H2,1-5H3,(H,47,68)(H,48,58)(H,49,59)(H,50,60)(H,51,67)(H,52,69)(H,54,65)(H,55,66)(H,61,62)(H,63,64)(H2,53,56,70)/t;27?,28?,29?,30?,31?,32-,38?,39?,40?/m.1/s1. The molecule has 832 valence electrons. The van der Waals surface area contributed by atoms with E-state index in [1.165, 1.54) is 42.9 Å². The maximum Gasteiger partial charge on any atom is 0.326 e. The number of fused-ring (bicyclic) bond motifs is 2. The molecular weight excluding hydrogens is 2000 g/mol. The van der Waals surface area contributed by atoms with Gasteiger partial charge >= 0.3 is 47.8 Å². The van der Waals surface area contributed by atoms with Crippen LogP contribution in [0.4, 0.5) is 4.79 Å². The van der Waals surface area contributed by atoms with Crippen LogP contribution in [-0.4, -0.2) is 358 Å². The number of nitrogens with one attached hydrogen (secondary N) is 18. The number of urea groups is 1. The van der Waals surface area contributed by atoms with Crippen molar-refractivity contribution in [1.29, 1.82) is 0 Å². The first-order valence-corrected chi connectivity index (χ1v) is 51.8. The zero-order valence-electron chi connectivity index (χ0n) is 85.3. The molecule has 0 radical (unpaired) electrons. The summed E-state index contributed by atoms with van der Waals surface area (Å²) in [5, 5.41) is 125. The third-order valence-electron chi connectivity index (χ3n) is 24.1. The molecule has 4 fully saturated rings. The molecule has 0 saturated carbocycles. The average molecular weight is 2150 g/mol. The van der Waals surface area contributed by atoms with Gasteiger partial charge < -0.3 is 137 Å². The lowest BCUT2D eigenvalue weighted by Crippen LogP contribution is -2.61. The van der Waals surface area contributed by atoms with E-state index in [0.717, 1.165) is 44.8 Å². The highest BCUT2D eigenvalue weighted by atomic mass is 32.2. The van der Waals surface area contributed by atoms with E-state index < -0.39 is 266 Å². The van der Waals surface area contributed by atoms with Gasteiger partial charge in [-0.3, -0.25) is 115 Å². The highest BCUT2D eigenvalue weighted by Crippen LogP contribution is 2.34. The Balaban J connectivity index is 0.000000622. The lowest BCUT2D eigenvalue weighted by molar-refractivity contribution is -0.147. The molecule has 0 aliphatic carbocycles. The Kier molecular flexibility index (Phi) is 55.9. The normalized spacial score (nSPS) is 18.2. The van der Waals surface area contributed by atoms with Crippen LogP contribution in [0.3, 0.4) is 0 Å². The van der Waals surface area contributed by atoms with E-state index >= 15 is 0 Å². The molecule has 4 aliphatic rings. The average Bonchev–Trinajstić information content (AvgIpc) is 1.62. The second kappa shape index (κ2) is 65.3. The number of carbonyl (C=O) groups excluding carboxylic acids is 18. The first-order chi connectivity index (χ1) is 70.1. The highest BCUT2D eigenvalue weighted by molar-refractivity contribution is 8.00. The van der Waals surface area contributed by atoms with Gasteiger partial charge in [0.1, 0.15) is 84.6 Å². The zero-order valence-corrected chi connectivity index (χ0v) is 86.9. The van der Waals surface area contributed by atoms with Crippen LogP contribution in [0.5, 0.6) is 0 Å². The van der Waals surface area contributed by atoms with Gasteiger partial charge in [0, 0.05) is 76.3 Å². The van der Waals surface area contributed by atoms with Crippen molar-refractivity contribution < 1.29 is 161 Å². The summed E-state index contributed by atoms with van der Waals surface area (Å²) in [6.07, 6.45) is 0.982. The number of carboxylic acids is 7. The lowest BCUT2D eigenvalue weighted by Gasteiger charge is -2.28. The van der Waals surface area contributed by atoms with Crippen molar-refractivity contribution in [3.05, 3.63) is 35.9 Å². The predicted molar refractivity (Wildman–Crippen MR) is 532 cm³/mol. The van der Waals surface area contributed by atoms with Crippen molar-refractivity contribution in [1.82, 2.24) is 106 Å². The number of hydrogen-bond donors (Lipinski definition) is 26. The van der Waals surface area contributed by atoms with Crippen molar-refractivity contribution in [3.63, 3.8) is 0 Å². The molecule has 19 amide bonds. The topological polar surface area (TPSA) is 812 Å². The molecule has 0 bridgehead atoms. The van der Waals surface area contributed by atoms with Gasteiger partial charge in [-0.2, -0.15) is 23.5 Å². The van der Waals surface area contributed by atoms with E-state index in [-0.39, 0.29) is 92.6 Å². The van der Waals surface area contributed by atoms with Crippen LogP contribution in [0.15, 0.2) is 30.3 Å². The minimum absolute atomic E-state index is 0.00457. The number of aliphatic carboxylic acids is 7. The number of thioether (sulfide) groups is 2. The number of unbranched alkanes of at least 4 members (excludes halogenated alkanes) is 5. The molecule has 19 atom stereocenters. The van der Waals surface area contributed by atoms with Gasteiger partial charge in [-0.05, 0) is 120 Å². The first-order valence-electron chi connectivity index (χ1n) is 49.3. The van der Waals surface area contributed by atoms with E-state index in [0.29, 0.717) is 81.3 Å². The van der Waals surface area contributed by atoms with Crippen molar-refractivity contribution in [2.75, 3.05) is 51.0 Å². The molecule has 0 aromatic heterocycles. The summed E-state index contributed by atoms with van der Waals surface area (Å²) in [6.45, 7) is 15.5. The molecule has 4 heterocycles. The Hall–Kier alpha value is -13.6. The van der Waals surface area contributed by atoms with E-state index in [1.54, 1.807) is 77.9 Å². The van der Waals surface area contributed by atoms with Crippen molar-refractivity contribution in [2.24, 2.45) is 23.7 Å². The van der Waals surface area contributed by atoms with Crippen molar-refractivity contribution in [2.45, 2.75) is 324 Å². The Labute approximate surface area is 869 Å². The number of hydrazine groups is 1. The predicted octanol–water partition coefficient (Wildman–Crippen LogP) is -3.96. The summed E-state index contributed by atoms with van der Waals surface area (Å²) in [6, 6.07) is -14.4. The van der Waals surface area contributed by atoms with E-state index in [4.69, 9.17) is 0 Å². The van der Waals surface area contributed by atoms with Gasteiger partial charge in [0.25, 0.3) is 0 Å². The molecule has 1 aromatic carbocycles. The zero-order chi connectivity index (χ0) is 112. The SMILES string of the molecule is CC(C)CC(NC(=O)C(CC(=O)O)NC(=O)C(Cc1ccccc1)NC(=O)C(CC(=O)O)NC(=O)C(CC(=O)O)NC(=O)C(CC(C)C)NC(=O)C(C)NC(=O)C(CC(=O)O)NC(=O)C1CCN2CC(C)C(=O)N12)C(=O)O.CNC(=O)C(NC(=O)C(CCSC)NC(=O)C(CC(=O)O)NC(=O)C(NC(=O)C(CCC(=O)O)NC(=O)CCCCCNC(=O)CCCCCNC(=O)CCCC[C@H]1SCC2NC(=O)NC21)C(C)C)C(C)O. The van der Waals surface area contributed by atoms with Crippen LogP contribution in [0, 0.1) is 23.7 Å². The molecule has 5 rings (SSSR count). The van der Waals surface area contributed by atoms with E-state index in [1.807, 2.05) is 11.8 Å². The Morgan fingerprint density at radius 2 is 0.859 bits per heavy atom. The minimum atomic E-state index is -2.12. The number of aliphatic hydroxyl groups is 1. The number of hydrogen-bond acceptors (Lipinski definition) is 29. The fourth-order valence-electron chi connectivity index (χ4n) is 16.2. The van der Waals surface area contributed by atoms with Crippen LogP contribution in [0.1, 0.15) is 216 Å². The molecule has 149 heavy (non-hydrogen) atoms. The minimum Gasteiger partial charge on any atom is -0.481 e. The second-order valence-corrected chi connectivity index (χ2v) is 40.2. The largest absolute Gasteiger partial charge is 0.481 e. The first kappa shape index (κ1) is 128. The number of rotatable bonds is 68. The Morgan fingerprint density at radius 1 is 0.436 bits per heavy atom. The molecule has 55 heteroatoms. The fourth-order valence-corrected chi connectivity index (χ4v) is 18.3. The quantitative estimate of drug-likeness (QED) is 0.0219. The molecule has 1 aromatic rings. The summed E-state index contributed by atoms with van der Waals surface area (Å²) in [7, 11) is 1.30. The summed E-state index contributed by atoms with van der Waals surface area (Å²) >= 11 is 3.19. The lowest BCUT2D eigenvalue weighted by atomic mass is 10.0. The van der Waals surface area contributed by atoms with Crippen LogP contribution in [-0.2, 0) is 121 Å². The maximum absolute atomic E-state index is 13.9. The number of carbonyl (C=O) groups is 25. The summed E-state index contributed by atoms with van der Waals surface area (Å²) in [4.78, 5) is 320. The maximum atomic E-state index is 13.9. The number of amides is 19. The number of nitrogens with zero attached hydrogens (tertiary/aromatic N) is 2. The van der Waals surface area contributed by atoms with Crippen LogP contribution in [0.25, 0.3) is 0 Å². The molecule has 4 aliphatic heterocycles. The van der Waals surface area contributed by atoms with Crippen molar-refractivity contribution >= 4 is 172 Å². The van der Waals surface area contributed by atoms with Crippen LogP contribution < -0.4 is 95.7 Å². The summed E-state index contributed by atoms with van der Waals surface area (Å²) in [5.41, 5.74) is 0.372. The number of benzene rings is 1. The van der Waals surface area contributed by atoms with E-state index in [9.17, 15) is 161 Å². The van der Waals surface area contributed by atoms with Gasteiger partial charge in [0.15, 0.2) is 0 Å². The van der Waals surface area contributed by atoms with Crippen LogP contribution in [0.2, 0.25) is 0 Å². The second-order valence-electron chi connectivity index (χ2n) is 38.0. The van der Waals surface area contributed by atoms with Gasteiger partial charge in [0.05, 0.1) is 56.2 Å². The van der Waals surface area contributed by atoms with Crippen molar-refractivity contribution in [3.8, 4) is 0 Å². The van der Waals surface area contributed by atoms with Gasteiger partial charge in [-0.25, -0.2) is 14.6 Å². The molecule has 4 saturated heterocycles. The highest BCUT2D eigenvalue weighted by Gasteiger charge is 2.49.